The molecular weight excluding hydrogens is 934 g/mol. The average Bonchev–Trinajstić information content (AvgIpc) is 3.31. The van der Waals surface area contributed by atoms with Crippen LogP contribution in [-0.2, 0) is 61.3 Å². The van der Waals surface area contributed by atoms with Crippen molar-refractivity contribution in [3.05, 3.63) is 47.6 Å². The van der Waals surface area contributed by atoms with Gasteiger partial charge in [0.1, 0.15) is 30.1 Å². The van der Waals surface area contributed by atoms with Crippen molar-refractivity contribution in [1.82, 2.24) is 4.90 Å². The second-order valence-corrected chi connectivity index (χ2v) is 23.5. The molecule has 400 valence electrons. The highest BCUT2D eigenvalue weighted by Crippen LogP contribution is 2.51. The van der Waals surface area contributed by atoms with E-state index in [0.717, 1.165) is 5.57 Å². The molecule has 11 unspecified atom stereocenters. The van der Waals surface area contributed by atoms with Gasteiger partial charge in [-0.15, -0.1) is 0 Å². The van der Waals surface area contributed by atoms with Crippen molar-refractivity contribution in [2.75, 3.05) is 34.5 Å². The monoisotopic (exact) mass is 1020 g/mol. The number of amides is 1. The number of rotatable bonds is 9. The Morgan fingerprint density at radius 1 is 0.873 bits per heavy atom. The van der Waals surface area contributed by atoms with E-state index < -0.39 is 109 Å². The molecule has 5 rings (SSSR count). The zero-order valence-electron chi connectivity index (χ0n) is 44.3. The number of aliphatic hydroxyl groups is 2. The van der Waals surface area contributed by atoms with Gasteiger partial charge in [0.15, 0.2) is 5.78 Å². The van der Waals surface area contributed by atoms with E-state index in [-0.39, 0.29) is 42.5 Å². The number of aliphatic hydroxyl groups excluding tert-OH is 1. The lowest BCUT2D eigenvalue weighted by Gasteiger charge is -2.50. The van der Waals surface area contributed by atoms with Gasteiger partial charge in [-0.05, 0) is 114 Å². The number of esters is 1. The van der Waals surface area contributed by atoms with Crippen molar-refractivity contribution in [3.8, 4) is 0 Å². The minimum Gasteiger partial charge on any atom is -0.460 e. The number of Topliss-reactive ketones (excluding diaryl/α,β-unsaturated/α-hetero) is 3. The Balaban J connectivity index is 1.51. The lowest BCUT2D eigenvalue weighted by molar-refractivity contribution is -0.266. The summed E-state index contributed by atoms with van der Waals surface area (Å²) in [5.41, 5.74) is 1.25. The summed E-state index contributed by atoms with van der Waals surface area (Å²) in [5, 5.41) is 23.6. The van der Waals surface area contributed by atoms with Crippen LogP contribution in [0.15, 0.2) is 47.6 Å². The zero-order valence-corrected chi connectivity index (χ0v) is 45.2. The predicted molar refractivity (Wildman–Crippen MR) is 267 cm³/mol. The number of nitrogens with zero attached hydrogens (tertiary/aromatic N) is 1. The fourth-order valence-electron chi connectivity index (χ4n) is 11.7. The Kier molecular flexibility index (Phi) is 21.4. The van der Waals surface area contributed by atoms with Gasteiger partial charge in [0, 0.05) is 71.1 Å². The minimum absolute atomic E-state index is 0.00957. The molecule has 71 heavy (non-hydrogen) atoms. The summed E-state index contributed by atoms with van der Waals surface area (Å²) in [6, 6.07) is -1.17. The van der Waals surface area contributed by atoms with Crippen LogP contribution in [0.5, 0.6) is 0 Å². The first-order valence-corrected chi connectivity index (χ1v) is 27.9. The maximum atomic E-state index is 14.6. The first kappa shape index (κ1) is 58.7. The third-order valence-electron chi connectivity index (χ3n) is 15.6. The highest BCUT2D eigenvalue weighted by atomic mass is 31.2. The Hall–Kier alpha value is -3.18. The summed E-state index contributed by atoms with van der Waals surface area (Å²) < 4.78 is 54.8. The topological polar surface area (TPSA) is 211 Å². The number of ether oxygens (including phenoxy) is 5. The predicted octanol–water partition coefficient (Wildman–Crippen LogP) is 7.67. The van der Waals surface area contributed by atoms with E-state index in [1.54, 1.807) is 54.9 Å². The molecule has 3 saturated heterocycles. The number of methoxy groups -OCH3 is 3. The maximum absolute atomic E-state index is 14.6. The van der Waals surface area contributed by atoms with E-state index in [4.69, 9.17) is 32.7 Å². The first-order chi connectivity index (χ1) is 33.4. The molecule has 16 nitrogen and oxygen atoms in total. The van der Waals surface area contributed by atoms with Gasteiger partial charge < -0.3 is 47.8 Å². The number of allylic oxidation sites excluding steroid dienone is 6. The summed E-state index contributed by atoms with van der Waals surface area (Å²) in [4.78, 5) is 72.8. The first-order valence-electron chi connectivity index (χ1n) is 25.9. The largest absolute Gasteiger partial charge is 0.460 e. The van der Waals surface area contributed by atoms with Crippen LogP contribution in [0, 0.1) is 41.4 Å². The van der Waals surface area contributed by atoms with Crippen LogP contribution in [-0.4, -0.2) is 140 Å². The van der Waals surface area contributed by atoms with Crippen molar-refractivity contribution in [3.63, 3.8) is 0 Å². The molecule has 17 heteroatoms. The van der Waals surface area contributed by atoms with Crippen LogP contribution in [0.1, 0.15) is 126 Å². The fourth-order valence-corrected chi connectivity index (χ4v) is 13.2. The highest BCUT2D eigenvalue weighted by molar-refractivity contribution is 7.53. The number of carbonyl (C=O) groups excluding carboxylic acids is 5. The number of hydrogen-bond donors (Lipinski definition) is 2. The van der Waals surface area contributed by atoms with Gasteiger partial charge in [0.05, 0.1) is 30.5 Å². The SMILES string of the molecule is COC1CC(C[C@H]2C3CCCN4C(=O)C(=O)C5(O)O[C@@H](CCC5C)C[C@H](OC)/C(C)=C/C=C/C=C/C(C)CC(C)C(=O)[C@H](OC)C(O)/C(C)=C/C(C)C(=O)C[C@@H]2OC(=O)C34)CC[C@H]1OP(C)(=O)OC(C)C. The van der Waals surface area contributed by atoms with E-state index in [1.807, 2.05) is 51.2 Å². The molecule has 0 aromatic rings. The number of piperidine rings is 1. The minimum atomic E-state index is -3.41. The van der Waals surface area contributed by atoms with Crippen LogP contribution >= 0.6 is 7.60 Å². The molecule has 17 atom stereocenters. The van der Waals surface area contributed by atoms with Crippen molar-refractivity contribution < 1.29 is 71.5 Å². The van der Waals surface area contributed by atoms with Crippen molar-refractivity contribution in [2.24, 2.45) is 41.4 Å². The Bertz CT molecular complexity index is 2050. The van der Waals surface area contributed by atoms with Gasteiger partial charge in [-0.1, -0.05) is 64.2 Å². The third kappa shape index (κ3) is 14.8. The van der Waals surface area contributed by atoms with Gasteiger partial charge in [0.25, 0.3) is 11.7 Å². The lowest BCUT2D eigenvalue weighted by Crippen LogP contribution is -2.65. The molecular formula is C54H84NO15P. The summed E-state index contributed by atoms with van der Waals surface area (Å²) >= 11 is 0. The van der Waals surface area contributed by atoms with E-state index in [0.29, 0.717) is 69.8 Å². The summed E-state index contributed by atoms with van der Waals surface area (Å²) in [7, 11) is 1.12. The van der Waals surface area contributed by atoms with Crippen molar-refractivity contribution in [1.29, 1.82) is 0 Å². The van der Waals surface area contributed by atoms with Gasteiger partial charge in [-0.2, -0.15) is 0 Å². The fraction of sp³-hybridized carbons (Fsp3) is 0.759. The molecule has 4 aliphatic heterocycles. The van der Waals surface area contributed by atoms with Gasteiger partial charge in [-0.25, -0.2) is 4.79 Å². The van der Waals surface area contributed by atoms with Crippen LogP contribution < -0.4 is 0 Å². The molecule has 1 saturated carbocycles. The second-order valence-electron chi connectivity index (χ2n) is 21.5. The average molecular weight is 1020 g/mol. The number of hydrogen-bond acceptors (Lipinski definition) is 15. The van der Waals surface area contributed by atoms with E-state index in [9.17, 15) is 38.8 Å². The van der Waals surface area contributed by atoms with Gasteiger partial charge >= 0.3 is 13.6 Å². The Morgan fingerprint density at radius 2 is 1.59 bits per heavy atom. The van der Waals surface area contributed by atoms with E-state index in [1.165, 1.54) is 18.7 Å². The molecule has 1 amide bonds. The molecule has 0 aromatic heterocycles. The van der Waals surface area contributed by atoms with Crippen molar-refractivity contribution >= 4 is 36.8 Å². The molecule has 1 aliphatic carbocycles. The molecule has 4 heterocycles. The maximum Gasteiger partial charge on any atom is 0.329 e. The highest BCUT2D eigenvalue weighted by Gasteiger charge is 2.57. The zero-order chi connectivity index (χ0) is 52.5. The quantitative estimate of drug-likeness (QED) is 0.0982. The third-order valence-corrected chi connectivity index (χ3v) is 17.1. The number of ketones is 3. The summed E-state index contributed by atoms with van der Waals surface area (Å²) in [5.74, 6) is -8.81. The van der Waals surface area contributed by atoms with Crippen LogP contribution in [0.4, 0.5) is 0 Å². The summed E-state index contributed by atoms with van der Waals surface area (Å²) in [6.45, 7) is 15.8. The number of carbonyl (C=O) groups is 5. The summed E-state index contributed by atoms with van der Waals surface area (Å²) in [6.07, 6.45) is 10.1. The van der Waals surface area contributed by atoms with Gasteiger partial charge in [-0.3, -0.25) is 23.7 Å². The van der Waals surface area contributed by atoms with Crippen LogP contribution in [0.3, 0.4) is 0 Å². The van der Waals surface area contributed by atoms with Gasteiger partial charge in [0.2, 0.25) is 5.79 Å². The molecule has 2 N–H and O–H groups in total. The smallest absolute Gasteiger partial charge is 0.329 e. The van der Waals surface area contributed by atoms with Crippen LogP contribution in [0.25, 0.3) is 0 Å². The molecule has 5 aliphatic rings. The molecule has 4 fully saturated rings. The molecule has 0 spiro atoms. The second kappa shape index (κ2) is 25.9. The lowest BCUT2D eigenvalue weighted by atomic mass is 9.68. The molecule has 4 bridgehead atoms. The van der Waals surface area contributed by atoms with E-state index >= 15 is 0 Å². The Morgan fingerprint density at radius 3 is 2.25 bits per heavy atom. The molecule has 0 aromatic carbocycles. The normalized spacial score (nSPS) is 41.1. The molecule has 0 radical (unpaired) electrons. The standard InChI is InChI=1S/C54H84NO15P/c1-31(2)69-71(12,63)70-43-23-21-38(28-46(43)65-10)27-41-40-19-16-24-55-47(40)53(61)67-45(41)30-42(56)34(5)26-36(7)49(58)50(66-11)48(57)35(6)25-32(3)17-14-13-15-18-33(4)44(64-9)29-39-22-20-37(8)54(62,68-39)51(59)52(55)60/h13-15,17-18,26,31-32,34-35,37-41,43-47,49-50,58,62H,16,19-25,27-30H2,1-12H3/b15-13+,17-14+,33-18+,36-26+/t32?,34?,35?,37?,38?,39-,40?,41-,43+,44-,45-,46?,47?,49?,50-,54?,71?/m0/s1. The van der Waals surface area contributed by atoms with Crippen LogP contribution in [0.2, 0.25) is 0 Å². The van der Waals surface area contributed by atoms with Crippen molar-refractivity contribution in [2.45, 2.75) is 187 Å². The number of fused-ring (bicyclic) bond motifs is 4. The van der Waals surface area contributed by atoms with E-state index in [2.05, 4.69) is 0 Å². The Labute approximate surface area is 422 Å².